The van der Waals surface area contributed by atoms with Crippen molar-refractivity contribution in [2.75, 3.05) is 6.61 Å². The Morgan fingerprint density at radius 2 is 1.73 bits per heavy atom. The maximum atomic E-state index is 11.6. The summed E-state index contributed by atoms with van der Waals surface area (Å²) in [6, 6.07) is 7.78. The lowest BCUT2D eigenvalue weighted by Gasteiger charge is -2.21. The SMILES string of the molecule is CC(C)COc1ccc(C(C)NNC(=O)OC(C)(C)C)cc1. The summed E-state index contributed by atoms with van der Waals surface area (Å²) in [7, 11) is 0. The van der Waals surface area contributed by atoms with Crippen molar-refractivity contribution in [2.45, 2.75) is 53.2 Å². The number of benzene rings is 1. The van der Waals surface area contributed by atoms with Crippen molar-refractivity contribution in [2.24, 2.45) is 5.92 Å². The standard InChI is InChI=1S/C17H28N2O3/c1-12(2)11-21-15-9-7-14(8-10-15)13(3)18-19-16(20)22-17(4,5)6/h7-10,12-13,18H,11H2,1-6H3,(H,19,20). The van der Waals surface area contributed by atoms with E-state index in [1.54, 1.807) is 0 Å². The van der Waals surface area contributed by atoms with Gasteiger partial charge in [0.15, 0.2) is 0 Å². The molecule has 5 heteroatoms. The van der Waals surface area contributed by atoms with Gasteiger partial charge < -0.3 is 9.47 Å². The maximum Gasteiger partial charge on any atom is 0.422 e. The van der Waals surface area contributed by atoms with Gasteiger partial charge in [0.2, 0.25) is 0 Å². The molecule has 22 heavy (non-hydrogen) atoms. The van der Waals surface area contributed by atoms with Crippen LogP contribution in [-0.4, -0.2) is 18.3 Å². The van der Waals surface area contributed by atoms with Crippen LogP contribution in [0.15, 0.2) is 24.3 Å². The number of amides is 1. The van der Waals surface area contributed by atoms with Crippen LogP contribution >= 0.6 is 0 Å². The minimum atomic E-state index is -0.510. The third-order valence-corrected chi connectivity index (χ3v) is 2.75. The molecule has 1 aromatic rings. The Kier molecular flexibility index (Phi) is 6.68. The predicted molar refractivity (Wildman–Crippen MR) is 87.7 cm³/mol. The number of nitrogens with one attached hydrogen (secondary N) is 2. The first-order valence-electron chi connectivity index (χ1n) is 7.64. The number of rotatable bonds is 6. The normalized spacial score (nSPS) is 12.9. The lowest BCUT2D eigenvalue weighted by Crippen LogP contribution is -2.42. The molecule has 0 radical (unpaired) electrons. The Hall–Kier alpha value is -1.75. The van der Waals surface area contributed by atoms with Crippen molar-refractivity contribution < 1.29 is 14.3 Å². The topological polar surface area (TPSA) is 59.6 Å². The summed E-state index contributed by atoms with van der Waals surface area (Å²) in [5.41, 5.74) is 6.01. The first-order chi connectivity index (χ1) is 10.2. The van der Waals surface area contributed by atoms with Gasteiger partial charge in [0.05, 0.1) is 6.61 Å². The van der Waals surface area contributed by atoms with Crippen LogP contribution in [-0.2, 0) is 4.74 Å². The minimum Gasteiger partial charge on any atom is -0.493 e. The highest BCUT2D eigenvalue weighted by Crippen LogP contribution is 2.17. The van der Waals surface area contributed by atoms with Crippen molar-refractivity contribution in [1.29, 1.82) is 0 Å². The van der Waals surface area contributed by atoms with E-state index < -0.39 is 11.7 Å². The third-order valence-electron chi connectivity index (χ3n) is 2.75. The smallest absolute Gasteiger partial charge is 0.422 e. The van der Waals surface area contributed by atoms with Crippen LogP contribution in [0, 0.1) is 5.92 Å². The van der Waals surface area contributed by atoms with E-state index in [-0.39, 0.29) is 6.04 Å². The highest BCUT2D eigenvalue weighted by Gasteiger charge is 2.16. The highest BCUT2D eigenvalue weighted by molar-refractivity contribution is 5.67. The second kappa shape index (κ2) is 8.03. The molecule has 2 N–H and O–H groups in total. The molecule has 0 saturated carbocycles. The first-order valence-corrected chi connectivity index (χ1v) is 7.64. The zero-order valence-corrected chi connectivity index (χ0v) is 14.4. The molecule has 1 unspecified atom stereocenters. The largest absolute Gasteiger partial charge is 0.493 e. The first kappa shape index (κ1) is 18.3. The summed E-state index contributed by atoms with van der Waals surface area (Å²) in [4.78, 5) is 11.6. The van der Waals surface area contributed by atoms with Crippen LogP contribution in [0.2, 0.25) is 0 Å². The molecule has 0 fully saturated rings. The molecule has 1 amide bonds. The lowest BCUT2D eigenvalue weighted by molar-refractivity contribution is 0.0489. The van der Waals surface area contributed by atoms with Gasteiger partial charge >= 0.3 is 6.09 Å². The van der Waals surface area contributed by atoms with Crippen molar-refractivity contribution in [3.05, 3.63) is 29.8 Å². The van der Waals surface area contributed by atoms with E-state index in [9.17, 15) is 4.79 Å². The number of carbonyl (C=O) groups excluding carboxylic acids is 1. The molecule has 124 valence electrons. The Labute approximate surface area is 133 Å². The molecule has 1 rings (SSSR count). The van der Waals surface area contributed by atoms with E-state index in [2.05, 4.69) is 24.7 Å². The van der Waals surface area contributed by atoms with Crippen LogP contribution in [0.5, 0.6) is 5.75 Å². The van der Waals surface area contributed by atoms with Crippen LogP contribution in [0.4, 0.5) is 4.79 Å². The van der Waals surface area contributed by atoms with E-state index in [0.29, 0.717) is 12.5 Å². The zero-order chi connectivity index (χ0) is 16.8. The molecule has 0 spiro atoms. The molecule has 0 aliphatic rings. The number of ether oxygens (including phenoxy) is 2. The van der Waals surface area contributed by atoms with Crippen LogP contribution in [0.3, 0.4) is 0 Å². The fourth-order valence-corrected chi connectivity index (χ4v) is 1.67. The molecular weight excluding hydrogens is 280 g/mol. The second-order valence-corrected chi connectivity index (χ2v) is 6.77. The summed E-state index contributed by atoms with van der Waals surface area (Å²) in [6.45, 7) is 12.4. The molecule has 5 nitrogen and oxygen atoms in total. The molecular formula is C17H28N2O3. The van der Waals surface area contributed by atoms with Gasteiger partial charge in [-0.05, 0) is 51.3 Å². The third kappa shape index (κ3) is 7.31. The molecule has 0 aromatic heterocycles. The number of carbonyl (C=O) groups is 1. The van der Waals surface area contributed by atoms with Crippen molar-refractivity contribution >= 4 is 6.09 Å². The lowest BCUT2D eigenvalue weighted by atomic mass is 10.1. The van der Waals surface area contributed by atoms with Gasteiger partial charge in [-0.1, -0.05) is 26.0 Å². The van der Waals surface area contributed by atoms with E-state index in [4.69, 9.17) is 9.47 Å². The van der Waals surface area contributed by atoms with Gasteiger partial charge in [0, 0.05) is 6.04 Å². The molecule has 0 saturated heterocycles. The summed E-state index contributed by atoms with van der Waals surface area (Å²) < 4.78 is 10.8. The monoisotopic (exact) mass is 308 g/mol. The van der Waals surface area contributed by atoms with Gasteiger partial charge in [0.25, 0.3) is 0 Å². The Morgan fingerprint density at radius 1 is 1.14 bits per heavy atom. The van der Waals surface area contributed by atoms with Crippen LogP contribution in [0.25, 0.3) is 0 Å². The van der Waals surface area contributed by atoms with Crippen LogP contribution < -0.4 is 15.6 Å². The molecule has 0 heterocycles. The summed E-state index contributed by atoms with van der Waals surface area (Å²) in [5.74, 6) is 1.35. The van der Waals surface area contributed by atoms with Crippen molar-refractivity contribution in [3.63, 3.8) is 0 Å². The molecule has 0 aliphatic carbocycles. The number of hydrogen-bond acceptors (Lipinski definition) is 4. The van der Waals surface area contributed by atoms with Gasteiger partial charge in [-0.2, -0.15) is 0 Å². The van der Waals surface area contributed by atoms with E-state index in [0.717, 1.165) is 11.3 Å². The Morgan fingerprint density at radius 3 is 2.23 bits per heavy atom. The fourth-order valence-electron chi connectivity index (χ4n) is 1.67. The number of hydrazine groups is 1. The second-order valence-electron chi connectivity index (χ2n) is 6.77. The minimum absolute atomic E-state index is 0.0355. The quantitative estimate of drug-likeness (QED) is 0.785. The summed E-state index contributed by atoms with van der Waals surface area (Å²) in [5, 5.41) is 0. The molecule has 0 aliphatic heterocycles. The van der Waals surface area contributed by atoms with Gasteiger partial charge in [-0.15, -0.1) is 0 Å². The fraction of sp³-hybridized carbons (Fsp3) is 0.588. The molecule has 0 bridgehead atoms. The average molecular weight is 308 g/mol. The Bertz CT molecular complexity index is 464. The zero-order valence-electron chi connectivity index (χ0n) is 14.4. The van der Waals surface area contributed by atoms with Crippen molar-refractivity contribution in [3.8, 4) is 5.75 Å². The Balaban J connectivity index is 2.45. The summed E-state index contributed by atoms with van der Waals surface area (Å²) >= 11 is 0. The van der Waals surface area contributed by atoms with Gasteiger partial charge in [0.1, 0.15) is 11.4 Å². The average Bonchev–Trinajstić information content (AvgIpc) is 2.41. The predicted octanol–water partition coefficient (Wildman–Crippen LogP) is 3.81. The summed E-state index contributed by atoms with van der Waals surface area (Å²) in [6.07, 6.45) is -0.490. The molecule has 1 atom stereocenters. The van der Waals surface area contributed by atoms with E-state index in [1.807, 2.05) is 52.0 Å². The van der Waals surface area contributed by atoms with Crippen LogP contribution in [0.1, 0.15) is 53.1 Å². The van der Waals surface area contributed by atoms with E-state index in [1.165, 1.54) is 0 Å². The number of hydrogen-bond donors (Lipinski definition) is 2. The highest BCUT2D eigenvalue weighted by atomic mass is 16.6. The van der Waals surface area contributed by atoms with Gasteiger partial charge in [-0.25, -0.2) is 10.2 Å². The molecule has 1 aromatic carbocycles. The maximum absolute atomic E-state index is 11.6. The van der Waals surface area contributed by atoms with Gasteiger partial charge in [-0.3, -0.25) is 5.43 Å². The van der Waals surface area contributed by atoms with Crippen molar-refractivity contribution in [1.82, 2.24) is 10.9 Å². The van der Waals surface area contributed by atoms with E-state index >= 15 is 0 Å².